The zero-order chi connectivity index (χ0) is 24.3. The maximum absolute atomic E-state index is 12.5. The van der Waals surface area contributed by atoms with Gasteiger partial charge in [0, 0.05) is 38.8 Å². The van der Waals surface area contributed by atoms with Crippen molar-refractivity contribution in [2.45, 2.75) is 50.9 Å². The Morgan fingerprint density at radius 1 is 1.15 bits per heavy atom. The van der Waals surface area contributed by atoms with Crippen LogP contribution in [0.5, 0.6) is 17.2 Å². The number of methoxy groups -OCH3 is 3. The van der Waals surface area contributed by atoms with Gasteiger partial charge in [0.1, 0.15) is 5.69 Å². The molecule has 0 bridgehead atoms. The Balaban J connectivity index is 1.29. The molecule has 0 aliphatic carbocycles. The molecule has 0 unspecified atom stereocenters. The topological polar surface area (TPSA) is 87.1 Å². The van der Waals surface area contributed by atoms with Crippen LogP contribution < -0.4 is 19.5 Å². The molecule has 2 fully saturated rings. The Kier molecular flexibility index (Phi) is 7.33. The maximum atomic E-state index is 12.5. The molecule has 2 aliphatic heterocycles. The molecule has 1 N–H and O–H groups in total. The smallest absolute Gasteiger partial charge is 0.269 e. The molecular formula is C25H36N4O5. The molecule has 2 aliphatic rings. The number of piperidine rings is 1. The van der Waals surface area contributed by atoms with E-state index in [1.165, 1.54) is 0 Å². The van der Waals surface area contributed by atoms with Crippen LogP contribution in [0.4, 0.5) is 0 Å². The number of rotatable bonds is 8. The van der Waals surface area contributed by atoms with E-state index in [0.717, 1.165) is 62.3 Å². The summed E-state index contributed by atoms with van der Waals surface area (Å²) in [5.74, 6) is 1.91. The number of carbonyl (C=O) groups excluding carboxylic acids is 1. The second kappa shape index (κ2) is 10.2. The van der Waals surface area contributed by atoms with E-state index < -0.39 is 0 Å². The molecule has 2 aromatic rings. The third-order valence-corrected chi connectivity index (χ3v) is 7.01. The Bertz CT molecular complexity index is 1010. The van der Waals surface area contributed by atoms with Gasteiger partial charge in [-0.1, -0.05) is 6.07 Å². The Morgan fingerprint density at radius 2 is 1.88 bits per heavy atom. The van der Waals surface area contributed by atoms with Crippen LogP contribution in [-0.2, 0) is 18.3 Å². The van der Waals surface area contributed by atoms with Crippen LogP contribution in [0.3, 0.4) is 0 Å². The minimum Gasteiger partial charge on any atom is -0.493 e. The number of benzene rings is 1. The number of nitrogens with one attached hydrogen (secondary N) is 1. The molecule has 9 heteroatoms. The molecule has 2 saturated heterocycles. The van der Waals surface area contributed by atoms with E-state index in [2.05, 4.69) is 15.3 Å². The van der Waals surface area contributed by atoms with Gasteiger partial charge in [0.05, 0.1) is 38.7 Å². The van der Waals surface area contributed by atoms with Gasteiger partial charge in [-0.2, -0.15) is 5.10 Å². The molecular weight excluding hydrogens is 436 g/mol. The number of hydrogen-bond acceptors (Lipinski definition) is 7. The predicted molar refractivity (Wildman–Crippen MR) is 128 cm³/mol. The fourth-order valence-corrected chi connectivity index (χ4v) is 5.17. The van der Waals surface area contributed by atoms with Crippen LogP contribution in [0.15, 0.2) is 18.2 Å². The molecule has 3 heterocycles. The summed E-state index contributed by atoms with van der Waals surface area (Å²) < 4.78 is 24.7. The van der Waals surface area contributed by atoms with Crippen LogP contribution in [0.25, 0.3) is 0 Å². The van der Waals surface area contributed by atoms with Gasteiger partial charge in [-0.15, -0.1) is 0 Å². The fourth-order valence-electron chi connectivity index (χ4n) is 5.17. The number of aryl methyl sites for hydroxylation is 2. The molecule has 4 rings (SSSR count). The lowest BCUT2D eigenvalue weighted by Crippen LogP contribution is -2.45. The number of likely N-dealkylation sites (tertiary alicyclic amines) is 1. The van der Waals surface area contributed by atoms with E-state index in [9.17, 15) is 4.79 Å². The van der Waals surface area contributed by atoms with Gasteiger partial charge in [0.15, 0.2) is 11.5 Å². The number of aromatic nitrogens is 2. The summed E-state index contributed by atoms with van der Waals surface area (Å²) in [6.07, 6.45) is 4.01. The lowest BCUT2D eigenvalue weighted by atomic mass is 9.88. The first-order chi connectivity index (χ1) is 16.4. The highest BCUT2D eigenvalue weighted by atomic mass is 16.5. The highest BCUT2D eigenvalue weighted by Gasteiger charge is 2.42. The van der Waals surface area contributed by atoms with Gasteiger partial charge in [-0.05, 0) is 44.7 Å². The molecule has 1 amide bonds. The number of ether oxygens (including phenoxy) is 4. The SMILES string of the molecule is COc1ccc(CN2CCC3(CC[C@H](CNC(=O)c4cc(C)nn4C)O3)CC2)c(OC)c1OC. The Hall–Kier alpha value is -2.78. The molecule has 0 saturated carbocycles. The number of hydrogen-bond donors (Lipinski definition) is 1. The molecule has 0 radical (unpaired) electrons. The van der Waals surface area contributed by atoms with Crippen molar-refractivity contribution in [3.63, 3.8) is 0 Å². The average molecular weight is 473 g/mol. The van der Waals surface area contributed by atoms with Gasteiger partial charge in [0.2, 0.25) is 5.75 Å². The van der Waals surface area contributed by atoms with E-state index in [-0.39, 0.29) is 17.6 Å². The van der Waals surface area contributed by atoms with Crippen molar-refractivity contribution >= 4 is 5.91 Å². The van der Waals surface area contributed by atoms with Crippen LogP contribution >= 0.6 is 0 Å². The number of amides is 1. The van der Waals surface area contributed by atoms with Crippen LogP contribution in [-0.4, -0.2) is 73.3 Å². The van der Waals surface area contributed by atoms with E-state index in [4.69, 9.17) is 18.9 Å². The molecule has 1 aromatic carbocycles. The summed E-state index contributed by atoms with van der Waals surface area (Å²) in [5.41, 5.74) is 2.40. The van der Waals surface area contributed by atoms with E-state index in [0.29, 0.717) is 23.7 Å². The predicted octanol–water partition coefficient (Wildman–Crippen LogP) is 2.70. The second-order valence-electron chi connectivity index (χ2n) is 9.24. The van der Waals surface area contributed by atoms with Crippen molar-refractivity contribution in [3.05, 3.63) is 35.2 Å². The Morgan fingerprint density at radius 3 is 2.50 bits per heavy atom. The zero-order valence-electron chi connectivity index (χ0n) is 20.8. The van der Waals surface area contributed by atoms with Gasteiger partial charge in [-0.3, -0.25) is 14.4 Å². The maximum Gasteiger partial charge on any atom is 0.269 e. The van der Waals surface area contributed by atoms with Crippen molar-refractivity contribution in [1.82, 2.24) is 20.0 Å². The summed E-state index contributed by atoms with van der Waals surface area (Å²) in [6, 6.07) is 5.77. The van der Waals surface area contributed by atoms with Gasteiger partial charge in [-0.25, -0.2) is 0 Å². The minimum atomic E-state index is -0.105. The lowest BCUT2D eigenvalue weighted by Gasteiger charge is -2.39. The van der Waals surface area contributed by atoms with E-state index in [1.54, 1.807) is 39.1 Å². The van der Waals surface area contributed by atoms with Crippen LogP contribution in [0, 0.1) is 6.92 Å². The van der Waals surface area contributed by atoms with E-state index >= 15 is 0 Å². The molecule has 1 atom stereocenters. The first kappa shape index (κ1) is 24.3. The molecule has 34 heavy (non-hydrogen) atoms. The third kappa shape index (κ3) is 5.00. The van der Waals surface area contributed by atoms with Crippen molar-refractivity contribution in [2.24, 2.45) is 7.05 Å². The third-order valence-electron chi connectivity index (χ3n) is 7.01. The lowest BCUT2D eigenvalue weighted by molar-refractivity contribution is -0.0765. The molecule has 1 aromatic heterocycles. The van der Waals surface area contributed by atoms with Crippen LogP contribution in [0.1, 0.15) is 47.4 Å². The summed E-state index contributed by atoms with van der Waals surface area (Å²) in [5, 5.41) is 7.27. The summed E-state index contributed by atoms with van der Waals surface area (Å²) in [6.45, 7) is 5.09. The monoisotopic (exact) mass is 472 g/mol. The first-order valence-electron chi connectivity index (χ1n) is 11.8. The van der Waals surface area contributed by atoms with Crippen LogP contribution in [0.2, 0.25) is 0 Å². The van der Waals surface area contributed by atoms with Crippen molar-refractivity contribution < 1.29 is 23.7 Å². The summed E-state index contributed by atoms with van der Waals surface area (Å²) >= 11 is 0. The second-order valence-corrected chi connectivity index (χ2v) is 9.24. The number of carbonyl (C=O) groups is 1. The zero-order valence-corrected chi connectivity index (χ0v) is 20.8. The van der Waals surface area contributed by atoms with Gasteiger partial charge in [0.25, 0.3) is 5.91 Å². The largest absolute Gasteiger partial charge is 0.493 e. The Labute approximate surface area is 201 Å². The van der Waals surface area contributed by atoms with Crippen molar-refractivity contribution in [3.8, 4) is 17.2 Å². The number of nitrogens with zero attached hydrogens (tertiary/aromatic N) is 3. The highest BCUT2D eigenvalue weighted by molar-refractivity contribution is 5.92. The van der Waals surface area contributed by atoms with E-state index in [1.807, 2.05) is 19.1 Å². The molecule has 186 valence electrons. The van der Waals surface area contributed by atoms with Gasteiger partial charge < -0.3 is 24.3 Å². The molecule has 9 nitrogen and oxygen atoms in total. The summed E-state index contributed by atoms with van der Waals surface area (Å²) in [4.78, 5) is 14.9. The van der Waals surface area contributed by atoms with Gasteiger partial charge >= 0.3 is 0 Å². The van der Waals surface area contributed by atoms with Crippen molar-refractivity contribution in [1.29, 1.82) is 0 Å². The summed E-state index contributed by atoms with van der Waals surface area (Å²) in [7, 11) is 6.70. The first-order valence-corrected chi connectivity index (χ1v) is 11.8. The molecule has 1 spiro atoms. The minimum absolute atomic E-state index is 0.0516. The highest BCUT2D eigenvalue weighted by Crippen LogP contribution is 2.42. The quantitative estimate of drug-likeness (QED) is 0.632. The fraction of sp³-hybridized carbons (Fsp3) is 0.600. The normalized spacial score (nSPS) is 19.9. The standard InChI is InChI=1S/C25H36N4O5/c1-17-14-20(28(2)27-17)24(30)26-15-19-8-9-25(34-19)10-12-29(13-11-25)16-18-6-7-21(31-3)23(33-5)22(18)32-4/h6-7,14,19H,8-13,15-16H2,1-5H3,(H,26,30)/t19-/m1/s1. The average Bonchev–Trinajstić information content (AvgIpc) is 3.40. The van der Waals surface area contributed by atoms with Crippen molar-refractivity contribution in [2.75, 3.05) is 41.0 Å².